The zero-order valence-electron chi connectivity index (χ0n) is 32.5. The minimum atomic E-state index is -4.66. The van der Waals surface area contributed by atoms with Gasteiger partial charge in [-0.15, -0.1) is 5.10 Å². The summed E-state index contributed by atoms with van der Waals surface area (Å²) in [5.41, 5.74) is -2.30. The summed E-state index contributed by atoms with van der Waals surface area (Å²) in [5.74, 6) is -4.28. The van der Waals surface area contributed by atoms with Crippen LogP contribution in [0, 0.1) is 17.7 Å². The van der Waals surface area contributed by atoms with Crippen LogP contribution in [0.15, 0.2) is 42.5 Å². The smallest absolute Gasteiger partial charge is 0.358 e. The Kier molecular flexibility index (Phi) is 12.2. The van der Waals surface area contributed by atoms with Gasteiger partial charge >= 0.3 is 6.18 Å². The van der Waals surface area contributed by atoms with Gasteiger partial charge in [0.1, 0.15) is 23.4 Å². The molecule has 56 heavy (non-hydrogen) atoms. The van der Waals surface area contributed by atoms with E-state index in [4.69, 9.17) is 0 Å². The Morgan fingerprint density at radius 3 is 2.20 bits per heavy atom. The van der Waals surface area contributed by atoms with Crippen molar-refractivity contribution in [3.8, 4) is 0 Å². The monoisotopic (exact) mass is 783 g/mol. The molecular weight excluding hydrogens is 734 g/mol. The van der Waals surface area contributed by atoms with Crippen molar-refractivity contribution < 1.29 is 36.7 Å². The van der Waals surface area contributed by atoms with Crippen LogP contribution >= 0.6 is 0 Å². The molecule has 0 saturated carbocycles. The van der Waals surface area contributed by atoms with Gasteiger partial charge in [0.05, 0.1) is 23.0 Å². The molecule has 0 bridgehead atoms. The maximum absolute atomic E-state index is 14.8. The third-order valence-corrected chi connectivity index (χ3v) is 10.6. The number of carbonyl (C=O) groups excluding carboxylic acids is 4. The number of aromatic nitrogens is 5. The number of nitrogens with one attached hydrogen (secondary N) is 5. The van der Waals surface area contributed by atoms with Crippen LogP contribution in [0.5, 0.6) is 0 Å². The Balaban J connectivity index is 1.51. The Morgan fingerprint density at radius 1 is 0.929 bits per heavy atom. The SMILES string of the molecule is CCC(C)[C@H](NC(=O)Cc1ccccc1F)C(=O)N[C@]1(C(=O)N[C@H](C(=O)Nc2nnn(C(C)(C)C)n2)C(C)CC)CCc2[nH]c3c(C(F)(F)F)cccc3c2C1. The minimum absolute atomic E-state index is 0.0571. The van der Waals surface area contributed by atoms with Gasteiger partial charge in [0, 0.05) is 17.5 Å². The van der Waals surface area contributed by atoms with Crippen LogP contribution in [0.1, 0.15) is 90.1 Å². The molecule has 0 aliphatic heterocycles. The van der Waals surface area contributed by atoms with Crippen LogP contribution in [-0.2, 0) is 50.2 Å². The van der Waals surface area contributed by atoms with E-state index in [2.05, 4.69) is 41.7 Å². The lowest BCUT2D eigenvalue weighted by molar-refractivity contribution is -0.138. The van der Waals surface area contributed by atoms with Crippen molar-refractivity contribution in [2.24, 2.45) is 11.8 Å². The molecule has 5 atom stereocenters. The fourth-order valence-electron chi connectivity index (χ4n) is 6.84. The van der Waals surface area contributed by atoms with E-state index in [-0.39, 0.29) is 48.1 Å². The summed E-state index contributed by atoms with van der Waals surface area (Å²) in [6.07, 6.45) is -4.33. The van der Waals surface area contributed by atoms with Gasteiger partial charge in [0.2, 0.25) is 23.6 Å². The lowest BCUT2D eigenvalue weighted by Crippen LogP contribution is -2.67. The molecule has 0 fully saturated rings. The summed E-state index contributed by atoms with van der Waals surface area (Å²) in [6, 6.07) is 7.22. The molecule has 2 unspecified atom stereocenters. The van der Waals surface area contributed by atoms with Crippen molar-refractivity contribution >= 4 is 40.5 Å². The Hall–Kier alpha value is -5.35. The first-order valence-electron chi connectivity index (χ1n) is 18.7. The molecule has 1 aliphatic carbocycles. The second kappa shape index (κ2) is 16.4. The molecule has 5 rings (SSSR count). The van der Waals surface area contributed by atoms with Crippen LogP contribution in [-0.4, -0.2) is 66.4 Å². The molecule has 1 aliphatic rings. The van der Waals surface area contributed by atoms with Crippen molar-refractivity contribution in [1.82, 2.24) is 41.1 Å². The van der Waals surface area contributed by atoms with E-state index in [1.165, 1.54) is 35.1 Å². The van der Waals surface area contributed by atoms with E-state index >= 15 is 0 Å². The molecule has 13 nitrogen and oxygen atoms in total. The number of hydrogen-bond donors (Lipinski definition) is 5. The second-order valence-electron chi connectivity index (χ2n) is 15.7. The predicted octanol–water partition coefficient (Wildman–Crippen LogP) is 5.35. The summed E-state index contributed by atoms with van der Waals surface area (Å²) in [7, 11) is 0. The number of rotatable bonds is 13. The van der Waals surface area contributed by atoms with Crippen molar-refractivity contribution in [3.63, 3.8) is 0 Å². The number of amides is 4. The predicted molar refractivity (Wildman–Crippen MR) is 201 cm³/mol. The van der Waals surface area contributed by atoms with Gasteiger partial charge in [-0.25, -0.2) is 4.39 Å². The second-order valence-corrected chi connectivity index (χ2v) is 15.7. The maximum Gasteiger partial charge on any atom is 0.418 e. The molecule has 4 aromatic rings. The van der Waals surface area contributed by atoms with Crippen LogP contribution in [0.4, 0.5) is 23.5 Å². The number of tetrazole rings is 1. The highest BCUT2D eigenvalue weighted by molar-refractivity contribution is 6.01. The molecule has 2 aromatic carbocycles. The number of aryl methyl sites for hydroxylation is 1. The molecule has 2 aromatic heterocycles. The summed E-state index contributed by atoms with van der Waals surface area (Å²) in [6.45, 7) is 12.7. The first-order chi connectivity index (χ1) is 26.3. The van der Waals surface area contributed by atoms with Crippen LogP contribution in [0.2, 0.25) is 0 Å². The molecule has 5 N–H and O–H groups in total. The van der Waals surface area contributed by atoms with E-state index in [9.17, 15) is 36.7 Å². The molecule has 0 spiro atoms. The molecule has 0 saturated heterocycles. The third-order valence-electron chi connectivity index (χ3n) is 10.6. The van der Waals surface area contributed by atoms with Crippen molar-refractivity contribution in [2.75, 3.05) is 5.32 Å². The number of para-hydroxylation sites is 1. The maximum atomic E-state index is 14.8. The lowest BCUT2D eigenvalue weighted by Gasteiger charge is -2.39. The van der Waals surface area contributed by atoms with Crippen molar-refractivity contribution in [1.29, 1.82) is 0 Å². The van der Waals surface area contributed by atoms with Gasteiger partial charge in [-0.1, -0.05) is 76.0 Å². The Bertz CT molecular complexity index is 2090. The van der Waals surface area contributed by atoms with Crippen molar-refractivity contribution in [3.05, 3.63) is 70.7 Å². The number of aromatic amines is 1. The standard InChI is InChI=1S/C39H49F4N9O4/c1-8-21(3)30(33(54)47-36-49-51-52(50-36)37(5,6)7)46-35(56)38(18-17-28-25(20-38)24-14-12-15-26(32(24)44-28)39(41,42)43)48-34(55)31(22(4)9-2)45-29(53)19-23-13-10-11-16-27(23)40/h10-16,21-22,30-31,44H,8-9,17-20H2,1-7H3,(H,45,53)(H,46,56)(H,48,55)(H,47,50,54)/t21?,22?,30-,31-,38+/m0/s1. The fraction of sp³-hybridized carbons (Fsp3) is 0.513. The topological polar surface area (TPSA) is 176 Å². The third kappa shape index (κ3) is 9.02. The highest BCUT2D eigenvalue weighted by Crippen LogP contribution is 2.40. The number of hydrogen-bond acceptors (Lipinski definition) is 7. The average molecular weight is 784 g/mol. The summed E-state index contributed by atoms with van der Waals surface area (Å²) < 4.78 is 56.7. The number of anilines is 1. The number of H-pyrrole nitrogens is 1. The zero-order valence-corrected chi connectivity index (χ0v) is 32.5. The average Bonchev–Trinajstić information content (AvgIpc) is 3.77. The first-order valence-corrected chi connectivity index (χ1v) is 18.7. The highest BCUT2D eigenvalue weighted by Gasteiger charge is 2.47. The largest absolute Gasteiger partial charge is 0.418 e. The molecule has 302 valence electrons. The fourth-order valence-corrected chi connectivity index (χ4v) is 6.84. The minimum Gasteiger partial charge on any atom is -0.358 e. The summed E-state index contributed by atoms with van der Waals surface area (Å²) in [5, 5.41) is 23.5. The number of fused-ring (bicyclic) bond motifs is 3. The first kappa shape index (κ1) is 41.8. The van der Waals surface area contributed by atoms with Crippen molar-refractivity contribution in [2.45, 2.75) is 116 Å². The number of benzene rings is 2. The van der Waals surface area contributed by atoms with Gasteiger partial charge in [0.15, 0.2) is 0 Å². The normalized spacial score (nSPS) is 18.0. The van der Waals surface area contributed by atoms with Gasteiger partial charge in [-0.3, -0.25) is 24.5 Å². The molecule has 17 heteroatoms. The Morgan fingerprint density at radius 2 is 1.59 bits per heavy atom. The van der Waals surface area contributed by atoms with Crippen LogP contribution in [0.25, 0.3) is 10.9 Å². The number of carbonyl (C=O) groups is 4. The molecule has 0 radical (unpaired) electrons. The summed E-state index contributed by atoms with van der Waals surface area (Å²) >= 11 is 0. The van der Waals surface area contributed by atoms with Gasteiger partial charge in [0.25, 0.3) is 5.95 Å². The van der Waals surface area contributed by atoms with E-state index in [0.29, 0.717) is 24.1 Å². The molecule has 2 heterocycles. The Labute approximate surface area is 322 Å². The quantitative estimate of drug-likeness (QED) is 0.114. The molecule has 4 amide bonds. The van der Waals surface area contributed by atoms with Crippen LogP contribution < -0.4 is 21.3 Å². The molecular formula is C39H49F4N9O4. The summed E-state index contributed by atoms with van der Waals surface area (Å²) in [4.78, 5) is 60.4. The van der Waals surface area contributed by atoms with E-state index < -0.39 is 76.2 Å². The lowest BCUT2D eigenvalue weighted by atomic mass is 9.78. The van der Waals surface area contributed by atoms with Gasteiger partial charge in [-0.05, 0) is 73.9 Å². The highest BCUT2D eigenvalue weighted by atomic mass is 19.4. The van der Waals surface area contributed by atoms with E-state index in [1.54, 1.807) is 19.9 Å². The van der Waals surface area contributed by atoms with Gasteiger partial charge < -0.3 is 20.9 Å². The van der Waals surface area contributed by atoms with E-state index in [1.807, 2.05) is 34.6 Å². The number of nitrogens with zero attached hydrogens (tertiary/aromatic N) is 4. The van der Waals surface area contributed by atoms with Gasteiger partial charge in [-0.2, -0.15) is 18.0 Å². The van der Waals surface area contributed by atoms with E-state index in [0.717, 1.165) is 6.07 Å². The number of halogens is 4. The number of alkyl halides is 3. The van der Waals surface area contributed by atoms with Crippen LogP contribution in [0.3, 0.4) is 0 Å². The zero-order chi connectivity index (χ0) is 41.2.